The zero-order valence-corrected chi connectivity index (χ0v) is 12.2. The van der Waals surface area contributed by atoms with Gasteiger partial charge >= 0.3 is 5.97 Å². The van der Waals surface area contributed by atoms with E-state index < -0.39 is 11.5 Å². The molecule has 1 aromatic heterocycles. The first kappa shape index (κ1) is 13.8. The molecule has 100 valence electrons. The third-order valence-electron chi connectivity index (χ3n) is 3.46. The molecular formula is C12H18N2O2S2. The van der Waals surface area contributed by atoms with Crippen LogP contribution in [0, 0.1) is 6.92 Å². The van der Waals surface area contributed by atoms with E-state index in [-0.39, 0.29) is 0 Å². The van der Waals surface area contributed by atoms with E-state index in [0.29, 0.717) is 18.1 Å². The number of aliphatic carboxylic acids is 1. The lowest BCUT2D eigenvalue weighted by Crippen LogP contribution is -2.53. The van der Waals surface area contributed by atoms with Gasteiger partial charge in [0.2, 0.25) is 0 Å². The third-order valence-corrected chi connectivity index (χ3v) is 5.82. The van der Waals surface area contributed by atoms with Gasteiger partial charge in [0.05, 0.1) is 0 Å². The van der Waals surface area contributed by atoms with Crippen LogP contribution in [0.25, 0.3) is 0 Å². The normalized spacial score (nSPS) is 28.2. The zero-order chi connectivity index (χ0) is 13.2. The first-order chi connectivity index (χ1) is 8.55. The Bertz CT molecular complexity index is 435. The van der Waals surface area contributed by atoms with Crippen molar-refractivity contribution in [1.29, 1.82) is 0 Å². The van der Waals surface area contributed by atoms with E-state index in [1.54, 1.807) is 30.1 Å². The molecule has 1 aliphatic carbocycles. The molecule has 0 radical (unpaired) electrons. The number of hydrogen-bond acceptors (Lipinski definition) is 5. The van der Waals surface area contributed by atoms with E-state index in [2.05, 4.69) is 10.3 Å². The van der Waals surface area contributed by atoms with Crippen molar-refractivity contribution in [2.45, 2.75) is 47.7 Å². The number of likely N-dealkylation sites (N-methyl/N-ethyl adjacent to an activating group) is 1. The number of nitrogens with one attached hydrogen (secondary N) is 1. The van der Waals surface area contributed by atoms with E-state index in [1.165, 1.54) is 0 Å². The molecule has 2 atom stereocenters. The molecule has 1 fully saturated rings. The third kappa shape index (κ3) is 2.87. The highest BCUT2D eigenvalue weighted by atomic mass is 32.2. The maximum atomic E-state index is 11.4. The summed E-state index contributed by atoms with van der Waals surface area (Å²) in [6.07, 6.45) is 3.41. The second-order valence-electron chi connectivity index (χ2n) is 4.73. The van der Waals surface area contributed by atoms with Crippen LogP contribution in [-0.4, -0.2) is 33.9 Å². The second-order valence-corrected chi connectivity index (χ2v) is 7.13. The highest BCUT2D eigenvalue weighted by molar-refractivity contribution is 8.01. The number of aryl methyl sites for hydroxylation is 1. The summed E-state index contributed by atoms with van der Waals surface area (Å²) in [6, 6.07) is 0. The van der Waals surface area contributed by atoms with Gasteiger partial charge in [0.25, 0.3) is 0 Å². The van der Waals surface area contributed by atoms with E-state index >= 15 is 0 Å². The smallest absolute Gasteiger partial charge is 0.323 e. The molecule has 18 heavy (non-hydrogen) atoms. The van der Waals surface area contributed by atoms with Crippen molar-refractivity contribution in [3.8, 4) is 0 Å². The Hall–Kier alpha value is -0.590. The number of nitrogens with zero attached hydrogens (tertiary/aromatic N) is 1. The van der Waals surface area contributed by atoms with Gasteiger partial charge in [0.1, 0.15) is 9.88 Å². The summed E-state index contributed by atoms with van der Waals surface area (Å²) >= 11 is 3.37. The van der Waals surface area contributed by atoms with Gasteiger partial charge in [-0.25, -0.2) is 4.98 Å². The quantitative estimate of drug-likeness (QED) is 0.890. The van der Waals surface area contributed by atoms with Crippen molar-refractivity contribution in [2.75, 3.05) is 7.05 Å². The molecule has 0 aliphatic heterocycles. The average molecular weight is 286 g/mol. The molecule has 0 spiro atoms. The van der Waals surface area contributed by atoms with Gasteiger partial charge in [-0.05, 0) is 39.7 Å². The number of rotatable bonds is 4. The van der Waals surface area contributed by atoms with Crippen molar-refractivity contribution in [2.24, 2.45) is 0 Å². The molecule has 2 rings (SSSR count). The molecule has 2 N–H and O–H groups in total. The van der Waals surface area contributed by atoms with Gasteiger partial charge in [0.15, 0.2) is 0 Å². The van der Waals surface area contributed by atoms with Gasteiger partial charge in [-0.2, -0.15) is 0 Å². The fourth-order valence-electron chi connectivity index (χ4n) is 2.38. The van der Waals surface area contributed by atoms with E-state index in [0.717, 1.165) is 22.9 Å². The molecule has 1 saturated carbocycles. The summed E-state index contributed by atoms with van der Waals surface area (Å²) in [7, 11) is 1.74. The van der Waals surface area contributed by atoms with Crippen LogP contribution in [-0.2, 0) is 4.79 Å². The largest absolute Gasteiger partial charge is 0.480 e. The fraction of sp³-hybridized carbons (Fsp3) is 0.667. The van der Waals surface area contributed by atoms with Crippen molar-refractivity contribution >= 4 is 29.1 Å². The molecular weight excluding hydrogens is 268 g/mol. The molecule has 2 unspecified atom stereocenters. The maximum absolute atomic E-state index is 11.4. The molecule has 1 heterocycles. The van der Waals surface area contributed by atoms with Crippen molar-refractivity contribution < 1.29 is 9.90 Å². The molecule has 0 aromatic carbocycles. The SMILES string of the molecule is CNC1(C(=O)O)CCCC(Sc2nc(C)cs2)C1. The van der Waals surface area contributed by atoms with Crippen molar-refractivity contribution in [1.82, 2.24) is 10.3 Å². The predicted octanol–water partition coefficient (Wildman–Crippen LogP) is 2.53. The summed E-state index contributed by atoms with van der Waals surface area (Å²) in [5.74, 6) is -0.731. The highest BCUT2D eigenvalue weighted by Gasteiger charge is 2.42. The van der Waals surface area contributed by atoms with Crippen LogP contribution in [0.2, 0.25) is 0 Å². The predicted molar refractivity (Wildman–Crippen MR) is 74.4 cm³/mol. The number of aromatic nitrogens is 1. The maximum Gasteiger partial charge on any atom is 0.323 e. The Kier molecular flexibility index (Phi) is 4.29. The topological polar surface area (TPSA) is 62.2 Å². The lowest BCUT2D eigenvalue weighted by molar-refractivity contribution is -0.146. The standard InChI is InChI=1S/C12H18N2O2S2/c1-8-7-17-11(14-8)18-9-4-3-5-12(6-9,13-2)10(15)16/h7,9,13H,3-6H2,1-2H3,(H,15,16). The minimum absolute atomic E-state index is 0.341. The lowest BCUT2D eigenvalue weighted by Gasteiger charge is -2.36. The minimum atomic E-state index is -0.748. The fourth-order valence-corrected chi connectivity index (χ4v) is 4.81. The van der Waals surface area contributed by atoms with E-state index in [9.17, 15) is 9.90 Å². The number of thiazole rings is 1. The Morgan fingerprint density at radius 3 is 3.06 bits per heavy atom. The summed E-state index contributed by atoms with van der Waals surface area (Å²) in [5.41, 5.74) is 0.291. The number of carboxylic acids is 1. The second kappa shape index (κ2) is 5.59. The van der Waals surface area contributed by atoms with Gasteiger partial charge < -0.3 is 10.4 Å². The van der Waals surface area contributed by atoms with Crippen molar-refractivity contribution in [3.05, 3.63) is 11.1 Å². The van der Waals surface area contributed by atoms with Crippen LogP contribution in [0.4, 0.5) is 0 Å². The van der Waals surface area contributed by atoms with Crippen LogP contribution in [0.5, 0.6) is 0 Å². The zero-order valence-electron chi connectivity index (χ0n) is 10.6. The molecule has 0 bridgehead atoms. The molecule has 6 heteroatoms. The Morgan fingerprint density at radius 1 is 1.72 bits per heavy atom. The Labute approximate surface area is 115 Å². The first-order valence-corrected chi connectivity index (χ1v) is 7.83. The molecule has 0 saturated heterocycles. The number of carboxylic acid groups (broad SMARTS) is 1. The summed E-state index contributed by atoms with van der Waals surface area (Å²) in [4.78, 5) is 15.9. The summed E-state index contributed by atoms with van der Waals surface area (Å²) < 4.78 is 1.05. The van der Waals surface area contributed by atoms with Crippen LogP contribution >= 0.6 is 23.1 Å². The number of thioether (sulfide) groups is 1. The first-order valence-electron chi connectivity index (χ1n) is 6.07. The minimum Gasteiger partial charge on any atom is -0.480 e. The van der Waals surface area contributed by atoms with Gasteiger partial charge in [-0.1, -0.05) is 11.8 Å². The van der Waals surface area contributed by atoms with Crippen LogP contribution in [0.3, 0.4) is 0 Å². The summed E-state index contributed by atoms with van der Waals surface area (Å²) in [5, 5.41) is 14.8. The highest BCUT2D eigenvalue weighted by Crippen LogP contribution is 2.39. The summed E-state index contributed by atoms with van der Waals surface area (Å²) in [6.45, 7) is 1.98. The number of hydrogen-bond donors (Lipinski definition) is 2. The van der Waals surface area contributed by atoms with E-state index in [1.807, 2.05) is 12.3 Å². The van der Waals surface area contributed by atoms with Crippen LogP contribution < -0.4 is 5.32 Å². The molecule has 4 nitrogen and oxygen atoms in total. The average Bonchev–Trinajstić information content (AvgIpc) is 2.74. The lowest BCUT2D eigenvalue weighted by atomic mass is 9.81. The number of carbonyl (C=O) groups is 1. The molecule has 1 aromatic rings. The van der Waals surface area contributed by atoms with Gasteiger partial charge in [-0.3, -0.25) is 4.79 Å². The van der Waals surface area contributed by atoms with E-state index in [4.69, 9.17) is 0 Å². The Morgan fingerprint density at radius 2 is 2.50 bits per heavy atom. The van der Waals surface area contributed by atoms with Crippen LogP contribution in [0.15, 0.2) is 9.72 Å². The Balaban J connectivity index is 2.04. The van der Waals surface area contributed by atoms with Crippen molar-refractivity contribution in [3.63, 3.8) is 0 Å². The van der Waals surface area contributed by atoms with Gasteiger partial charge in [0, 0.05) is 16.3 Å². The monoisotopic (exact) mass is 286 g/mol. The van der Waals surface area contributed by atoms with Crippen LogP contribution in [0.1, 0.15) is 31.4 Å². The van der Waals surface area contributed by atoms with Gasteiger partial charge in [-0.15, -0.1) is 11.3 Å². The molecule has 0 amide bonds. The molecule has 1 aliphatic rings.